The van der Waals surface area contributed by atoms with Gasteiger partial charge in [0, 0.05) is 19.5 Å². The Hall–Kier alpha value is -2.63. The van der Waals surface area contributed by atoms with Gasteiger partial charge in [0.25, 0.3) is 0 Å². The maximum Gasteiger partial charge on any atom is 0.319 e. The molecular weight excluding hydrogens is 366 g/mol. The number of carbonyl (C=O) groups is 3. The zero-order chi connectivity index (χ0) is 20.5. The molecule has 5 rings (SSSR count). The van der Waals surface area contributed by atoms with Gasteiger partial charge in [-0.25, -0.2) is 4.79 Å². The molecule has 1 aromatic carbocycles. The highest BCUT2D eigenvalue weighted by atomic mass is 16.2. The highest BCUT2D eigenvalue weighted by molar-refractivity contribution is 6.06. The fraction of sp³-hybridized carbons (Fsp3) is 0.522. The lowest BCUT2D eigenvalue weighted by Crippen LogP contribution is -2.55. The number of nitrogens with zero attached hydrogens (tertiary/aromatic N) is 2. The summed E-state index contributed by atoms with van der Waals surface area (Å²) in [6, 6.07) is 9.45. The number of hydrogen-bond donors (Lipinski definition) is 1. The standard InChI is InChI=1S/C23H29N3O3/c1-3-25(4-2)23(29)24-18(14-15-8-6-5-7-9-15)26-21(27)19-16-10-11-17(13-12-16)20(19)22(26)28/h5-11,16-20H,3-4,12-14H2,1-2H3,(H,24,29)/t16-,17-,18-,19+,20+/m0/s1. The van der Waals surface area contributed by atoms with Crippen molar-refractivity contribution in [2.45, 2.75) is 39.3 Å². The van der Waals surface area contributed by atoms with Gasteiger partial charge in [-0.05, 0) is 44.1 Å². The van der Waals surface area contributed by atoms with Crippen molar-refractivity contribution in [2.75, 3.05) is 13.1 Å². The van der Waals surface area contributed by atoms with E-state index >= 15 is 0 Å². The molecule has 0 spiro atoms. The fourth-order valence-corrected chi connectivity index (χ4v) is 5.19. The summed E-state index contributed by atoms with van der Waals surface area (Å²) in [7, 11) is 0. The molecular formula is C23H29N3O3. The zero-order valence-corrected chi connectivity index (χ0v) is 17.1. The predicted octanol–water partition coefficient (Wildman–Crippen LogP) is 2.80. The number of imide groups is 1. The van der Waals surface area contributed by atoms with Crippen LogP contribution in [0.5, 0.6) is 0 Å². The summed E-state index contributed by atoms with van der Waals surface area (Å²) in [6.45, 7) is 4.97. The number of nitrogens with one attached hydrogen (secondary N) is 1. The Morgan fingerprint density at radius 2 is 1.59 bits per heavy atom. The molecule has 2 bridgehead atoms. The molecule has 2 fully saturated rings. The van der Waals surface area contributed by atoms with Gasteiger partial charge in [0.15, 0.2) is 0 Å². The summed E-state index contributed by atoms with van der Waals surface area (Å²) in [5, 5.41) is 2.98. The van der Waals surface area contributed by atoms with Crippen molar-refractivity contribution >= 4 is 17.8 Å². The molecule has 0 aromatic heterocycles. The van der Waals surface area contributed by atoms with Crippen molar-refractivity contribution in [2.24, 2.45) is 23.7 Å². The molecule has 1 N–H and O–H groups in total. The molecule has 1 aromatic rings. The predicted molar refractivity (Wildman–Crippen MR) is 110 cm³/mol. The van der Waals surface area contributed by atoms with Crippen LogP contribution in [0.2, 0.25) is 0 Å². The average molecular weight is 396 g/mol. The van der Waals surface area contributed by atoms with E-state index in [1.807, 2.05) is 44.2 Å². The number of rotatable bonds is 6. The third kappa shape index (κ3) is 3.45. The van der Waals surface area contributed by atoms with E-state index in [4.69, 9.17) is 0 Å². The van der Waals surface area contributed by atoms with E-state index in [0.717, 1.165) is 18.4 Å². The van der Waals surface area contributed by atoms with Crippen molar-refractivity contribution in [1.82, 2.24) is 15.1 Å². The van der Waals surface area contributed by atoms with Crippen LogP contribution in [0.15, 0.2) is 42.5 Å². The van der Waals surface area contributed by atoms with E-state index in [1.165, 1.54) is 4.90 Å². The number of likely N-dealkylation sites (tertiary alicyclic amines) is 1. The minimum atomic E-state index is -0.671. The Morgan fingerprint density at radius 1 is 1.03 bits per heavy atom. The van der Waals surface area contributed by atoms with Crippen molar-refractivity contribution in [3.8, 4) is 0 Å². The third-order valence-electron chi connectivity index (χ3n) is 6.72. The number of benzene rings is 1. The van der Waals surface area contributed by atoms with Crippen molar-refractivity contribution in [3.05, 3.63) is 48.0 Å². The average Bonchev–Trinajstić information content (AvgIpc) is 3.03. The first-order valence-electron chi connectivity index (χ1n) is 10.7. The Morgan fingerprint density at radius 3 is 2.07 bits per heavy atom. The summed E-state index contributed by atoms with van der Waals surface area (Å²) in [5.41, 5.74) is 0.980. The van der Waals surface area contributed by atoms with Gasteiger partial charge in [-0.2, -0.15) is 0 Å². The summed E-state index contributed by atoms with van der Waals surface area (Å²) in [6.07, 6.45) is 5.90. The summed E-state index contributed by atoms with van der Waals surface area (Å²) in [4.78, 5) is 42.6. The third-order valence-corrected chi connectivity index (χ3v) is 6.72. The summed E-state index contributed by atoms with van der Waals surface area (Å²) in [5.74, 6) is -0.506. The first-order chi connectivity index (χ1) is 14.0. The molecule has 1 heterocycles. The second-order valence-electron chi connectivity index (χ2n) is 8.22. The zero-order valence-electron chi connectivity index (χ0n) is 17.1. The van der Waals surface area contributed by atoms with Gasteiger partial charge in [0.1, 0.15) is 6.17 Å². The van der Waals surface area contributed by atoms with E-state index in [2.05, 4.69) is 17.5 Å². The number of urea groups is 1. The number of amides is 4. The molecule has 5 atom stereocenters. The number of fused-ring (bicyclic) bond motifs is 1. The highest BCUT2D eigenvalue weighted by Gasteiger charge is 2.58. The monoisotopic (exact) mass is 395 g/mol. The molecule has 1 saturated carbocycles. The lowest BCUT2D eigenvalue weighted by Gasteiger charge is -2.38. The van der Waals surface area contributed by atoms with Crippen LogP contribution in [-0.4, -0.2) is 46.9 Å². The minimum absolute atomic E-state index is 0.125. The smallest absolute Gasteiger partial charge is 0.319 e. The first kappa shape index (κ1) is 19.7. The van der Waals surface area contributed by atoms with E-state index in [1.54, 1.807) is 4.90 Å². The normalized spacial score (nSPS) is 28.4. The van der Waals surface area contributed by atoms with Gasteiger partial charge in [-0.1, -0.05) is 42.5 Å². The second-order valence-corrected chi connectivity index (χ2v) is 8.22. The molecule has 6 nitrogen and oxygen atoms in total. The van der Waals surface area contributed by atoms with Crippen molar-refractivity contribution in [1.29, 1.82) is 0 Å². The molecule has 29 heavy (non-hydrogen) atoms. The Balaban J connectivity index is 1.62. The SMILES string of the molecule is CCN(CC)C(=O)N[C@H](Cc1ccccc1)N1C(=O)[C@H]2[C@H](C1=O)[C@H]1C=C[C@H]2CC1. The van der Waals surface area contributed by atoms with Crippen LogP contribution >= 0.6 is 0 Å². The lowest BCUT2D eigenvalue weighted by atomic mass is 9.63. The van der Waals surface area contributed by atoms with Gasteiger partial charge in [-0.15, -0.1) is 0 Å². The van der Waals surface area contributed by atoms with Crippen LogP contribution in [0, 0.1) is 23.7 Å². The quantitative estimate of drug-likeness (QED) is 0.595. The van der Waals surface area contributed by atoms with E-state index in [-0.39, 0.29) is 41.5 Å². The topological polar surface area (TPSA) is 69.7 Å². The lowest BCUT2D eigenvalue weighted by molar-refractivity contribution is -0.143. The largest absolute Gasteiger partial charge is 0.325 e. The maximum atomic E-state index is 13.4. The Bertz CT molecular complexity index is 786. The molecule has 0 radical (unpaired) electrons. The van der Waals surface area contributed by atoms with Crippen LogP contribution in [-0.2, 0) is 16.0 Å². The Labute approximate surface area is 171 Å². The molecule has 6 heteroatoms. The van der Waals surface area contributed by atoms with Crippen molar-refractivity contribution in [3.63, 3.8) is 0 Å². The number of carbonyl (C=O) groups excluding carboxylic acids is 3. The number of hydrogen-bond acceptors (Lipinski definition) is 3. The number of allylic oxidation sites excluding steroid dienone is 2. The van der Waals surface area contributed by atoms with Gasteiger partial charge in [0.05, 0.1) is 11.8 Å². The molecule has 4 amide bonds. The molecule has 1 aliphatic heterocycles. The second kappa shape index (κ2) is 8.01. The van der Waals surface area contributed by atoms with Gasteiger partial charge in [0.2, 0.25) is 11.8 Å². The minimum Gasteiger partial charge on any atom is -0.325 e. The van der Waals surface area contributed by atoms with Gasteiger partial charge in [-0.3, -0.25) is 14.5 Å². The van der Waals surface area contributed by atoms with E-state index in [9.17, 15) is 14.4 Å². The molecule has 154 valence electrons. The van der Waals surface area contributed by atoms with Gasteiger partial charge >= 0.3 is 6.03 Å². The summed E-state index contributed by atoms with van der Waals surface area (Å²) < 4.78 is 0. The highest BCUT2D eigenvalue weighted by Crippen LogP contribution is 2.49. The van der Waals surface area contributed by atoms with Crippen LogP contribution in [0.3, 0.4) is 0 Å². The van der Waals surface area contributed by atoms with Crippen LogP contribution < -0.4 is 5.32 Å². The van der Waals surface area contributed by atoms with Crippen LogP contribution in [0.4, 0.5) is 4.79 Å². The van der Waals surface area contributed by atoms with Crippen LogP contribution in [0.1, 0.15) is 32.3 Å². The first-order valence-corrected chi connectivity index (χ1v) is 10.7. The van der Waals surface area contributed by atoms with Gasteiger partial charge < -0.3 is 10.2 Å². The van der Waals surface area contributed by atoms with E-state index in [0.29, 0.717) is 19.5 Å². The van der Waals surface area contributed by atoms with E-state index < -0.39 is 6.17 Å². The van der Waals surface area contributed by atoms with Crippen LogP contribution in [0.25, 0.3) is 0 Å². The fourth-order valence-electron chi connectivity index (χ4n) is 5.19. The Kier molecular flexibility index (Phi) is 5.43. The molecule has 0 unspecified atom stereocenters. The molecule has 3 aliphatic carbocycles. The van der Waals surface area contributed by atoms with Crippen molar-refractivity contribution < 1.29 is 14.4 Å². The molecule has 4 aliphatic rings. The summed E-state index contributed by atoms with van der Waals surface area (Å²) >= 11 is 0. The molecule has 1 saturated heterocycles. The maximum absolute atomic E-state index is 13.4.